The third kappa shape index (κ3) is 5.87. The van der Waals surface area contributed by atoms with Crippen LogP contribution in [0.3, 0.4) is 0 Å². The van der Waals surface area contributed by atoms with E-state index in [1.165, 1.54) is 0 Å². The van der Waals surface area contributed by atoms with Crippen LogP contribution >= 0.6 is 0 Å². The number of esters is 2. The smallest absolute Gasteiger partial charge is 0.306 e. The molecule has 1 aromatic rings. The van der Waals surface area contributed by atoms with Gasteiger partial charge in [0.25, 0.3) is 0 Å². The topological polar surface area (TPSA) is 52.6 Å². The van der Waals surface area contributed by atoms with Gasteiger partial charge in [-0.25, -0.2) is 0 Å². The van der Waals surface area contributed by atoms with E-state index in [2.05, 4.69) is 0 Å². The number of hydrogen-bond donors (Lipinski definition) is 0. The van der Waals surface area contributed by atoms with Gasteiger partial charge in [-0.3, -0.25) is 9.59 Å². The van der Waals surface area contributed by atoms with Crippen LogP contribution in [-0.4, -0.2) is 18.5 Å². The third-order valence-electron chi connectivity index (χ3n) is 2.88. The minimum Gasteiger partial charge on any atom is -0.466 e. The second-order valence-corrected chi connectivity index (χ2v) is 4.46. The van der Waals surface area contributed by atoms with E-state index < -0.39 is 0 Å². The van der Waals surface area contributed by atoms with Crippen molar-refractivity contribution in [3.8, 4) is 0 Å². The largest absolute Gasteiger partial charge is 0.466 e. The zero-order valence-corrected chi connectivity index (χ0v) is 12.1. The van der Waals surface area contributed by atoms with Crippen LogP contribution in [0.1, 0.15) is 51.2 Å². The van der Waals surface area contributed by atoms with E-state index in [4.69, 9.17) is 9.47 Å². The molecule has 0 fully saturated rings. The Morgan fingerprint density at radius 1 is 1.05 bits per heavy atom. The predicted octanol–water partition coefficient (Wildman–Crippen LogP) is 3.41. The van der Waals surface area contributed by atoms with Gasteiger partial charge in [0.15, 0.2) is 0 Å². The first-order valence-corrected chi connectivity index (χ1v) is 7.07. The molecule has 110 valence electrons. The lowest BCUT2D eigenvalue weighted by atomic mass is 10.1. The summed E-state index contributed by atoms with van der Waals surface area (Å²) in [6.45, 7) is 4.11. The van der Waals surface area contributed by atoms with Gasteiger partial charge in [0, 0.05) is 12.8 Å². The van der Waals surface area contributed by atoms with Crippen LogP contribution < -0.4 is 0 Å². The molecule has 0 N–H and O–H groups in total. The van der Waals surface area contributed by atoms with E-state index in [0.29, 0.717) is 13.0 Å². The molecule has 0 aliphatic rings. The van der Waals surface area contributed by atoms with Crippen molar-refractivity contribution >= 4 is 11.9 Å². The standard InChI is InChI=1S/C16H22O4/c1-3-14(13-9-6-5-7-10-13)20-16(18)12-8-11-15(17)19-4-2/h5-7,9-10,14H,3-4,8,11-12H2,1-2H3. The number of benzene rings is 1. The van der Waals surface area contributed by atoms with Gasteiger partial charge in [-0.15, -0.1) is 0 Å². The van der Waals surface area contributed by atoms with E-state index in [0.717, 1.165) is 12.0 Å². The monoisotopic (exact) mass is 278 g/mol. The Morgan fingerprint density at radius 2 is 1.70 bits per heavy atom. The van der Waals surface area contributed by atoms with Gasteiger partial charge in [-0.2, -0.15) is 0 Å². The Kier molecular flexibility index (Phi) is 7.40. The highest BCUT2D eigenvalue weighted by atomic mass is 16.5. The first-order chi connectivity index (χ1) is 9.67. The first kappa shape index (κ1) is 16.2. The number of carbonyl (C=O) groups excluding carboxylic acids is 2. The van der Waals surface area contributed by atoms with E-state index in [-0.39, 0.29) is 30.9 Å². The molecule has 1 atom stereocenters. The molecule has 0 aliphatic carbocycles. The molecule has 0 heterocycles. The molecule has 0 saturated heterocycles. The lowest BCUT2D eigenvalue weighted by Crippen LogP contribution is -2.11. The lowest BCUT2D eigenvalue weighted by molar-refractivity contribution is -0.150. The van der Waals surface area contributed by atoms with Crippen molar-refractivity contribution in [2.24, 2.45) is 0 Å². The van der Waals surface area contributed by atoms with Gasteiger partial charge < -0.3 is 9.47 Å². The molecule has 0 aromatic heterocycles. The van der Waals surface area contributed by atoms with Crippen molar-refractivity contribution in [3.63, 3.8) is 0 Å². The Labute approximate surface area is 120 Å². The van der Waals surface area contributed by atoms with Crippen molar-refractivity contribution in [3.05, 3.63) is 35.9 Å². The summed E-state index contributed by atoms with van der Waals surface area (Å²) in [5.41, 5.74) is 0.994. The van der Waals surface area contributed by atoms with Gasteiger partial charge in [-0.05, 0) is 25.3 Å². The molecular weight excluding hydrogens is 256 g/mol. The van der Waals surface area contributed by atoms with Crippen molar-refractivity contribution in [1.82, 2.24) is 0 Å². The molecule has 0 aliphatic heterocycles. The molecule has 1 aromatic carbocycles. The first-order valence-electron chi connectivity index (χ1n) is 7.07. The van der Waals surface area contributed by atoms with Gasteiger partial charge >= 0.3 is 11.9 Å². The highest BCUT2D eigenvalue weighted by molar-refractivity contribution is 5.72. The summed E-state index contributed by atoms with van der Waals surface area (Å²) >= 11 is 0. The van der Waals surface area contributed by atoms with Crippen molar-refractivity contribution < 1.29 is 19.1 Å². The van der Waals surface area contributed by atoms with Crippen LogP contribution in [0.25, 0.3) is 0 Å². The summed E-state index contributed by atoms with van der Waals surface area (Å²) in [6.07, 6.45) is 1.47. The van der Waals surface area contributed by atoms with E-state index >= 15 is 0 Å². The average molecular weight is 278 g/mol. The summed E-state index contributed by atoms with van der Waals surface area (Å²) in [5.74, 6) is -0.541. The van der Waals surface area contributed by atoms with Crippen LogP contribution in [0.4, 0.5) is 0 Å². The maximum atomic E-state index is 11.8. The Bertz CT molecular complexity index is 414. The second kappa shape index (κ2) is 9.13. The maximum Gasteiger partial charge on any atom is 0.306 e. The fourth-order valence-electron chi connectivity index (χ4n) is 1.88. The Balaban J connectivity index is 2.35. The molecule has 0 saturated carbocycles. The van der Waals surface area contributed by atoms with Crippen LogP contribution in [0.5, 0.6) is 0 Å². The van der Waals surface area contributed by atoms with Crippen molar-refractivity contribution in [2.45, 2.75) is 45.6 Å². The average Bonchev–Trinajstić information content (AvgIpc) is 2.46. The van der Waals surface area contributed by atoms with E-state index in [9.17, 15) is 9.59 Å². The summed E-state index contributed by atoms with van der Waals surface area (Å²) in [6, 6.07) is 9.66. The summed E-state index contributed by atoms with van der Waals surface area (Å²) in [5, 5.41) is 0. The maximum absolute atomic E-state index is 11.8. The molecule has 4 heteroatoms. The minimum atomic E-state index is -0.273. The zero-order chi connectivity index (χ0) is 14.8. The molecule has 0 spiro atoms. The molecule has 20 heavy (non-hydrogen) atoms. The fourth-order valence-corrected chi connectivity index (χ4v) is 1.88. The van der Waals surface area contributed by atoms with Crippen LogP contribution in [0.15, 0.2) is 30.3 Å². The lowest BCUT2D eigenvalue weighted by Gasteiger charge is -2.16. The van der Waals surface area contributed by atoms with E-state index in [1.807, 2.05) is 37.3 Å². The normalized spacial score (nSPS) is 11.7. The van der Waals surface area contributed by atoms with Crippen molar-refractivity contribution in [2.75, 3.05) is 6.61 Å². The minimum absolute atomic E-state index is 0.216. The van der Waals surface area contributed by atoms with Gasteiger partial charge in [0.05, 0.1) is 6.61 Å². The number of hydrogen-bond acceptors (Lipinski definition) is 4. The van der Waals surface area contributed by atoms with Gasteiger partial charge in [-0.1, -0.05) is 37.3 Å². The Hall–Kier alpha value is -1.84. The highest BCUT2D eigenvalue weighted by Gasteiger charge is 2.14. The Morgan fingerprint density at radius 3 is 2.30 bits per heavy atom. The fraction of sp³-hybridized carbons (Fsp3) is 0.500. The quantitative estimate of drug-likeness (QED) is 0.684. The second-order valence-electron chi connectivity index (χ2n) is 4.46. The molecule has 1 unspecified atom stereocenters. The number of rotatable bonds is 8. The number of carbonyl (C=O) groups is 2. The zero-order valence-electron chi connectivity index (χ0n) is 12.1. The summed E-state index contributed by atoms with van der Waals surface area (Å²) < 4.78 is 10.2. The van der Waals surface area contributed by atoms with Gasteiger partial charge in [0.1, 0.15) is 6.10 Å². The van der Waals surface area contributed by atoms with Crippen LogP contribution in [0.2, 0.25) is 0 Å². The summed E-state index contributed by atoms with van der Waals surface area (Å²) in [4.78, 5) is 22.9. The van der Waals surface area contributed by atoms with Crippen LogP contribution in [0, 0.1) is 0 Å². The molecule has 1 rings (SSSR count). The predicted molar refractivity (Wildman–Crippen MR) is 76.1 cm³/mol. The third-order valence-corrected chi connectivity index (χ3v) is 2.88. The highest BCUT2D eigenvalue weighted by Crippen LogP contribution is 2.21. The SMILES string of the molecule is CCOC(=O)CCCC(=O)OC(CC)c1ccccc1. The van der Waals surface area contributed by atoms with Crippen LogP contribution in [-0.2, 0) is 19.1 Å². The summed E-state index contributed by atoms with van der Waals surface area (Å²) in [7, 11) is 0. The van der Waals surface area contributed by atoms with Gasteiger partial charge in [0.2, 0.25) is 0 Å². The molecule has 0 amide bonds. The molecule has 0 radical (unpaired) electrons. The molecular formula is C16H22O4. The van der Waals surface area contributed by atoms with Crippen molar-refractivity contribution in [1.29, 1.82) is 0 Å². The molecule has 4 nitrogen and oxygen atoms in total. The molecule has 0 bridgehead atoms. The van der Waals surface area contributed by atoms with E-state index in [1.54, 1.807) is 6.92 Å². The number of ether oxygens (including phenoxy) is 2.